The van der Waals surface area contributed by atoms with E-state index in [1.54, 1.807) is 11.3 Å². The Bertz CT molecular complexity index is 645. The number of guanidine groups is 1. The summed E-state index contributed by atoms with van der Waals surface area (Å²) >= 11 is 1.71. The summed E-state index contributed by atoms with van der Waals surface area (Å²) in [4.78, 5) is 8.92. The summed E-state index contributed by atoms with van der Waals surface area (Å²) in [6, 6.07) is 6.38. The standard InChI is InChI=1S/C18H26N4S.HI/c1-4-14-8-6-9-15(5-2)17(14)22-18(19)20-11-7-10-16-21-13(3)12-23-16;/h6,8-9,12H,4-5,7,10-11H2,1-3H3,(H3,19,20,22);1H. The first-order chi connectivity index (χ1) is 11.1. The number of nitrogens with zero attached hydrogens (tertiary/aromatic N) is 2. The fourth-order valence-corrected chi connectivity index (χ4v) is 3.34. The maximum absolute atomic E-state index is 6.06. The Morgan fingerprint density at radius 1 is 1.25 bits per heavy atom. The molecule has 4 nitrogen and oxygen atoms in total. The topological polar surface area (TPSA) is 63.3 Å². The highest BCUT2D eigenvalue weighted by Crippen LogP contribution is 2.22. The fourth-order valence-electron chi connectivity index (χ4n) is 2.52. The minimum Gasteiger partial charge on any atom is -0.370 e. The fraction of sp³-hybridized carbons (Fsp3) is 0.444. The number of aromatic nitrogens is 1. The van der Waals surface area contributed by atoms with Crippen LogP contribution in [0, 0.1) is 6.92 Å². The predicted molar refractivity (Wildman–Crippen MR) is 116 cm³/mol. The largest absolute Gasteiger partial charge is 0.370 e. The second-order valence-electron chi connectivity index (χ2n) is 5.54. The molecular weight excluding hydrogens is 431 g/mol. The molecule has 0 saturated heterocycles. The van der Waals surface area contributed by atoms with E-state index in [-0.39, 0.29) is 24.0 Å². The Morgan fingerprint density at radius 3 is 2.46 bits per heavy atom. The lowest BCUT2D eigenvalue weighted by Crippen LogP contribution is -2.24. The van der Waals surface area contributed by atoms with Crippen molar-refractivity contribution >= 4 is 47.0 Å². The van der Waals surface area contributed by atoms with Crippen molar-refractivity contribution in [2.24, 2.45) is 10.7 Å². The first-order valence-electron chi connectivity index (χ1n) is 8.22. The maximum Gasteiger partial charge on any atom is 0.193 e. The van der Waals surface area contributed by atoms with Crippen molar-refractivity contribution in [3.63, 3.8) is 0 Å². The molecule has 0 aliphatic rings. The number of aliphatic imine (C=N–C) groups is 1. The van der Waals surface area contributed by atoms with Gasteiger partial charge in [0.25, 0.3) is 0 Å². The van der Waals surface area contributed by atoms with Gasteiger partial charge in [-0.15, -0.1) is 35.3 Å². The van der Waals surface area contributed by atoms with E-state index in [4.69, 9.17) is 5.73 Å². The van der Waals surface area contributed by atoms with E-state index in [9.17, 15) is 0 Å². The molecule has 0 saturated carbocycles. The van der Waals surface area contributed by atoms with Gasteiger partial charge in [0.2, 0.25) is 0 Å². The lowest BCUT2D eigenvalue weighted by atomic mass is 10.0. The van der Waals surface area contributed by atoms with Gasteiger partial charge in [0.1, 0.15) is 0 Å². The van der Waals surface area contributed by atoms with E-state index >= 15 is 0 Å². The third kappa shape index (κ3) is 6.05. The summed E-state index contributed by atoms with van der Waals surface area (Å²) in [7, 11) is 0. The second kappa shape index (κ2) is 10.7. The first kappa shape index (κ1) is 20.9. The monoisotopic (exact) mass is 458 g/mol. The average molecular weight is 458 g/mol. The van der Waals surface area contributed by atoms with Gasteiger partial charge in [0.15, 0.2) is 5.96 Å². The molecule has 2 rings (SSSR count). The number of rotatable bonds is 7. The third-order valence-electron chi connectivity index (χ3n) is 3.75. The quantitative estimate of drug-likeness (QED) is 0.277. The number of hydrogen-bond donors (Lipinski definition) is 2. The lowest BCUT2D eigenvalue weighted by Gasteiger charge is -2.14. The molecule has 0 unspecified atom stereocenters. The lowest BCUT2D eigenvalue weighted by molar-refractivity contribution is 0.823. The SMILES string of the molecule is CCc1cccc(CC)c1NC(N)=NCCCc1nc(C)cs1.I. The molecule has 0 fully saturated rings. The molecular formula is C18H27IN4S. The number of nitrogens with two attached hydrogens (primary N) is 1. The van der Waals surface area contributed by atoms with E-state index in [0.29, 0.717) is 12.5 Å². The molecule has 24 heavy (non-hydrogen) atoms. The van der Waals surface area contributed by atoms with Crippen LogP contribution in [0.1, 0.15) is 42.1 Å². The summed E-state index contributed by atoms with van der Waals surface area (Å²) in [5.41, 5.74) is 10.8. The summed E-state index contributed by atoms with van der Waals surface area (Å²) < 4.78 is 0. The Hall–Kier alpha value is -1.15. The third-order valence-corrected chi connectivity index (χ3v) is 4.78. The van der Waals surface area contributed by atoms with Crippen molar-refractivity contribution in [3.05, 3.63) is 45.4 Å². The molecule has 0 atom stereocenters. The zero-order chi connectivity index (χ0) is 16.7. The Morgan fingerprint density at radius 2 is 1.92 bits per heavy atom. The van der Waals surface area contributed by atoms with E-state index in [1.807, 2.05) is 6.92 Å². The highest BCUT2D eigenvalue weighted by molar-refractivity contribution is 14.0. The number of nitrogens with one attached hydrogen (secondary N) is 1. The number of aryl methyl sites for hydroxylation is 4. The number of para-hydroxylation sites is 1. The zero-order valence-corrected chi connectivity index (χ0v) is 17.8. The van der Waals surface area contributed by atoms with Crippen LogP contribution < -0.4 is 11.1 Å². The van der Waals surface area contributed by atoms with Gasteiger partial charge in [-0.3, -0.25) is 4.99 Å². The number of hydrogen-bond acceptors (Lipinski definition) is 3. The zero-order valence-electron chi connectivity index (χ0n) is 14.6. The van der Waals surface area contributed by atoms with Crippen LogP contribution >= 0.6 is 35.3 Å². The normalized spacial score (nSPS) is 11.2. The summed E-state index contributed by atoms with van der Waals surface area (Å²) in [5, 5.41) is 6.56. The second-order valence-corrected chi connectivity index (χ2v) is 6.48. The van der Waals surface area contributed by atoms with E-state index in [1.165, 1.54) is 16.1 Å². The van der Waals surface area contributed by atoms with Crippen LogP contribution in [-0.4, -0.2) is 17.5 Å². The van der Waals surface area contributed by atoms with Gasteiger partial charge in [-0.25, -0.2) is 4.98 Å². The van der Waals surface area contributed by atoms with Gasteiger partial charge >= 0.3 is 0 Å². The highest BCUT2D eigenvalue weighted by Gasteiger charge is 2.07. The van der Waals surface area contributed by atoms with Gasteiger partial charge in [-0.1, -0.05) is 32.0 Å². The highest BCUT2D eigenvalue weighted by atomic mass is 127. The van der Waals surface area contributed by atoms with Crippen molar-refractivity contribution in [2.45, 2.75) is 46.5 Å². The average Bonchev–Trinajstić information content (AvgIpc) is 2.97. The smallest absolute Gasteiger partial charge is 0.193 e. The number of thiazole rings is 1. The van der Waals surface area contributed by atoms with Crippen LogP contribution in [0.4, 0.5) is 5.69 Å². The molecule has 0 spiro atoms. The Kier molecular flexibility index (Phi) is 9.28. The molecule has 0 amide bonds. The minimum absolute atomic E-state index is 0. The predicted octanol–water partition coefficient (Wildman–Crippen LogP) is 4.55. The maximum atomic E-state index is 6.06. The molecule has 2 aromatic rings. The van der Waals surface area contributed by atoms with Crippen molar-refractivity contribution < 1.29 is 0 Å². The van der Waals surface area contributed by atoms with Crippen LogP contribution in [0.2, 0.25) is 0 Å². The van der Waals surface area contributed by atoms with Crippen LogP contribution in [0.5, 0.6) is 0 Å². The number of anilines is 1. The van der Waals surface area contributed by atoms with Crippen molar-refractivity contribution in [1.82, 2.24) is 4.98 Å². The molecule has 1 aromatic heterocycles. The van der Waals surface area contributed by atoms with Crippen molar-refractivity contribution in [1.29, 1.82) is 0 Å². The van der Waals surface area contributed by atoms with Crippen LogP contribution in [0.3, 0.4) is 0 Å². The molecule has 0 aliphatic carbocycles. The summed E-state index contributed by atoms with van der Waals surface area (Å²) in [5.74, 6) is 0.496. The number of halogens is 1. The summed E-state index contributed by atoms with van der Waals surface area (Å²) in [6.45, 7) is 7.05. The minimum atomic E-state index is 0. The van der Waals surface area contributed by atoms with E-state index in [2.05, 4.69) is 52.7 Å². The molecule has 3 N–H and O–H groups in total. The molecule has 132 valence electrons. The Labute approximate surface area is 166 Å². The molecule has 1 heterocycles. The van der Waals surface area contributed by atoms with Crippen LogP contribution in [-0.2, 0) is 19.3 Å². The van der Waals surface area contributed by atoms with Crippen LogP contribution in [0.15, 0.2) is 28.6 Å². The van der Waals surface area contributed by atoms with Gasteiger partial charge in [0.05, 0.1) is 5.01 Å². The molecule has 6 heteroatoms. The van der Waals surface area contributed by atoms with Gasteiger partial charge in [-0.05, 0) is 37.3 Å². The number of benzene rings is 1. The van der Waals surface area contributed by atoms with Crippen molar-refractivity contribution in [3.8, 4) is 0 Å². The first-order valence-corrected chi connectivity index (χ1v) is 9.10. The molecule has 0 bridgehead atoms. The van der Waals surface area contributed by atoms with Crippen LogP contribution in [0.25, 0.3) is 0 Å². The van der Waals surface area contributed by atoms with Gasteiger partial charge < -0.3 is 11.1 Å². The van der Waals surface area contributed by atoms with Crippen molar-refractivity contribution in [2.75, 3.05) is 11.9 Å². The molecule has 0 radical (unpaired) electrons. The van der Waals surface area contributed by atoms with E-state index < -0.39 is 0 Å². The van der Waals surface area contributed by atoms with Gasteiger partial charge in [-0.2, -0.15) is 0 Å². The van der Waals surface area contributed by atoms with Gasteiger partial charge in [0, 0.05) is 29.7 Å². The Balaban J connectivity index is 0.00000288. The summed E-state index contributed by atoms with van der Waals surface area (Å²) in [6.07, 6.45) is 3.88. The van der Waals surface area contributed by atoms with E-state index in [0.717, 1.165) is 37.1 Å². The molecule has 1 aromatic carbocycles. The molecule has 0 aliphatic heterocycles.